The van der Waals surface area contributed by atoms with Crippen molar-refractivity contribution in [1.29, 1.82) is 0 Å². The number of carbonyl (C=O) groups is 1. The molecule has 2 heterocycles. The molecule has 1 atom stereocenters. The summed E-state index contributed by atoms with van der Waals surface area (Å²) in [4.78, 5) is 18.2. The molecule has 0 radical (unpaired) electrons. The third-order valence-corrected chi connectivity index (χ3v) is 3.12. The van der Waals surface area contributed by atoms with E-state index in [4.69, 9.17) is 5.84 Å². The number of aromatic nitrogens is 1. The zero-order valence-electron chi connectivity index (χ0n) is 10.0. The Labute approximate surface area is 101 Å². The van der Waals surface area contributed by atoms with Crippen molar-refractivity contribution in [3.8, 4) is 0 Å². The Morgan fingerprint density at radius 3 is 3.18 bits per heavy atom. The lowest BCUT2D eigenvalue weighted by molar-refractivity contribution is 0.0683. The summed E-state index contributed by atoms with van der Waals surface area (Å²) >= 11 is 0. The second-order valence-electron chi connectivity index (χ2n) is 4.54. The molecule has 1 unspecified atom stereocenters. The smallest absolute Gasteiger partial charge is 0.257 e. The van der Waals surface area contributed by atoms with E-state index in [9.17, 15) is 4.79 Å². The van der Waals surface area contributed by atoms with Crippen LogP contribution in [0.4, 0.5) is 5.82 Å². The highest BCUT2D eigenvalue weighted by atomic mass is 16.2. The molecule has 1 aromatic heterocycles. The van der Waals surface area contributed by atoms with Crippen LogP contribution in [0.25, 0.3) is 0 Å². The summed E-state index contributed by atoms with van der Waals surface area (Å²) in [5, 5.41) is 0. The van der Waals surface area contributed by atoms with Gasteiger partial charge in [-0.25, -0.2) is 10.8 Å². The van der Waals surface area contributed by atoms with Crippen molar-refractivity contribution in [3.63, 3.8) is 0 Å². The van der Waals surface area contributed by atoms with Crippen molar-refractivity contribution in [2.45, 2.75) is 19.8 Å². The minimum absolute atomic E-state index is 0.0117. The monoisotopic (exact) mass is 234 g/mol. The lowest BCUT2D eigenvalue weighted by Crippen LogP contribution is -2.39. The van der Waals surface area contributed by atoms with E-state index in [2.05, 4.69) is 17.3 Å². The predicted molar refractivity (Wildman–Crippen MR) is 66.3 cm³/mol. The topological polar surface area (TPSA) is 71.2 Å². The van der Waals surface area contributed by atoms with Gasteiger partial charge in [0.25, 0.3) is 5.91 Å². The van der Waals surface area contributed by atoms with E-state index in [1.165, 1.54) is 6.42 Å². The Morgan fingerprint density at radius 2 is 2.47 bits per heavy atom. The number of anilines is 1. The van der Waals surface area contributed by atoms with E-state index in [-0.39, 0.29) is 5.91 Å². The average molecular weight is 234 g/mol. The van der Waals surface area contributed by atoms with Gasteiger partial charge in [-0.05, 0) is 30.9 Å². The maximum Gasteiger partial charge on any atom is 0.257 e. The quantitative estimate of drug-likeness (QED) is 0.596. The summed E-state index contributed by atoms with van der Waals surface area (Å²) in [7, 11) is 0. The Bertz CT molecular complexity index is 407. The van der Waals surface area contributed by atoms with Crippen LogP contribution in [0, 0.1) is 5.92 Å². The fourth-order valence-electron chi connectivity index (χ4n) is 2.24. The SMILES string of the molecule is CC1CCCN(C(=O)c2cccnc2NN)C1. The molecule has 0 spiro atoms. The van der Waals surface area contributed by atoms with Crippen molar-refractivity contribution < 1.29 is 4.79 Å². The lowest BCUT2D eigenvalue weighted by Gasteiger charge is -2.31. The standard InChI is InChI=1S/C12H18N4O/c1-9-4-3-7-16(8-9)12(17)10-5-2-6-14-11(10)15-13/h2,5-6,9H,3-4,7-8,13H2,1H3,(H,14,15). The Balaban J connectivity index is 2.18. The highest BCUT2D eigenvalue weighted by Gasteiger charge is 2.23. The van der Waals surface area contributed by atoms with Crippen LogP contribution in [0.1, 0.15) is 30.1 Å². The third kappa shape index (κ3) is 2.55. The maximum atomic E-state index is 12.3. The fourth-order valence-corrected chi connectivity index (χ4v) is 2.24. The number of piperidine rings is 1. The van der Waals surface area contributed by atoms with Gasteiger partial charge in [-0.3, -0.25) is 4.79 Å². The fraction of sp³-hybridized carbons (Fsp3) is 0.500. The Morgan fingerprint density at radius 1 is 1.65 bits per heavy atom. The van der Waals surface area contributed by atoms with Crippen LogP contribution >= 0.6 is 0 Å². The molecule has 1 aliphatic rings. The van der Waals surface area contributed by atoms with Gasteiger partial charge < -0.3 is 10.3 Å². The van der Waals surface area contributed by atoms with Gasteiger partial charge in [0, 0.05) is 19.3 Å². The first-order valence-electron chi connectivity index (χ1n) is 5.93. The highest BCUT2D eigenvalue weighted by molar-refractivity contribution is 5.98. The molecule has 92 valence electrons. The Hall–Kier alpha value is -1.62. The zero-order chi connectivity index (χ0) is 12.3. The number of rotatable bonds is 2. The predicted octanol–water partition coefficient (Wildman–Crippen LogP) is 1.24. The number of likely N-dealkylation sites (tertiary alicyclic amines) is 1. The molecule has 1 fully saturated rings. The molecule has 0 aromatic carbocycles. The maximum absolute atomic E-state index is 12.3. The number of hydrogen-bond acceptors (Lipinski definition) is 4. The van der Waals surface area contributed by atoms with E-state index in [1.54, 1.807) is 18.3 Å². The molecular weight excluding hydrogens is 216 g/mol. The molecule has 3 N–H and O–H groups in total. The summed E-state index contributed by atoms with van der Waals surface area (Å²) in [6, 6.07) is 3.51. The molecule has 1 aromatic rings. The second kappa shape index (κ2) is 5.14. The molecule has 17 heavy (non-hydrogen) atoms. The molecule has 1 amide bonds. The van der Waals surface area contributed by atoms with Crippen molar-refractivity contribution in [3.05, 3.63) is 23.9 Å². The summed E-state index contributed by atoms with van der Waals surface area (Å²) in [5.74, 6) is 6.38. The van der Waals surface area contributed by atoms with Crippen molar-refractivity contribution in [2.24, 2.45) is 11.8 Å². The van der Waals surface area contributed by atoms with Gasteiger partial charge in [-0.15, -0.1) is 0 Å². The van der Waals surface area contributed by atoms with Crippen LogP contribution < -0.4 is 11.3 Å². The number of hydrogen-bond donors (Lipinski definition) is 2. The molecule has 5 heteroatoms. The lowest BCUT2D eigenvalue weighted by atomic mass is 9.99. The summed E-state index contributed by atoms with van der Waals surface area (Å²) in [5.41, 5.74) is 3.01. The van der Waals surface area contributed by atoms with E-state index >= 15 is 0 Å². The molecule has 0 aliphatic carbocycles. The van der Waals surface area contributed by atoms with Gasteiger partial charge >= 0.3 is 0 Å². The van der Waals surface area contributed by atoms with Gasteiger partial charge in [-0.1, -0.05) is 6.92 Å². The number of hydrazine groups is 1. The minimum Gasteiger partial charge on any atom is -0.338 e. The van der Waals surface area contributed by atoms with E-state index in [0.717, 1.165) is 19.5 Å². The van der Waals surface area contributed by atoms with Crippen molar-refractivity contribution in [2.75, 3.05) is 18.5 Å². The first-order chi connectivity index (χ1) is 8.22. The van der Waals surface area contributed by atoms with Gasteiger partial charge in [-0.2, -0.15) is 0 Å². The van der Waals surface area contributed by atoms with Crippen LogP contribution in [-0.2, 0) is 0 Å². The van der Waals surface area contributed by atoms with Gasteiger partial charge in [0.05, 0.1) is 5.56 Å². The number of nitrogens with one attached hydrogen (secondary N) is 1. The molecule has 1 saturated heterocycles. The summed E-state index contributed by atoms with van der Waals surface area (Å²) in [6.45, 7) is 3.81. The summed E-state index contributed by atoms with van der Waals surface area (Å²) in [6.07, 6.45) is 3.88. The largest absolute Gasteiger partial charge is 0.338 e. The highest BCUT2D eigenvalue weighted by Crippen LogP contribution is 2.20. The van der Waals surface area contributed by atoms with Crippen LogP contribution in [0.2, 0.25) is 0 Å². The van der Waals surface area contributed by atoms with Crippen molar-refractivity contribution >= 4 is 11.7 Å². The number of carbonyl (C=O) groups excluding carboxylic acids is 1. The van der Waals surface area contributed by atoms with Crippen LogP contribution in [0.3, 0.4) is 0 Å². The van der Waals surface area contributed by atoms with E-state index < -0.39 is 0 Å². The van der Waals surface area contributed by atoms with Crippen LogP contribution in [-0.4, -0.2) is 28.9 Å². The van der Waals surface area contributed by atoms with Gasteiger partial charge in [0.2, 0.25) is 0 Å². The number of amides is 1. The van der Waals surface area contributed by atoms with E-state index in [0.29, 0.717) is 17.3 Å². The molecular formula is C12H18N4O. The molecule has 1 aliphatic heterocycles. The number of nitrogen functional groups attached to an aromatic ring is 1. The normalized spacial score (nSPS) is 20.1. The molecule has 2 rings (SSSR count). The number of nitrogens with two attached hydrogens (primary N) is 1. The van der Waals surface area contributed by atoms with Gasteiger partial charge in [0.1, 0.15) is 0 Å². The third-order valence-electron chi connectivity index (χ3n) is 3.12. The van der Waals surface area contributed by atoms with Crippen LogP contribution in [0.15, 0.2) is 18.3 Å². The number of nitrogens with zero attached hydrogens (tertiary/aromatic N) is 2. The second-order valence-corrected chi connectivity index (χ2v) is 4.54. The zero-order valence-corrected chi connectivity index (χ0v) is 10.0. The first kappa shape index (κ1) is 11.9. The van der Waals surface area contributed by atoms with Crippen LogP contribution in [0.5, 0.6) is 0 Å². The Kier molecular flexibility index (Phi) is 3.58. The van der Waals surface area contributed by atoms with E-state index in [1.807, 2.05) is 4.90 Å². The summed E-state index contributed by atoms with van der Waals surface area (Å²) < 4.78 is 0. The molecule has 0 bridgehead atoms. The molecule has 5 nitrogen and oxygen atoms in total. The molecule has 0 saturated carbocycles. The number of pyridine rings is 1. The van der Waals surface area contributed by atoms with Crippen molar-refractivity contribution in [1.82, 2.24) is 9.88 Å². The average Bonchev–Trinajstić information content (AvgIpc) is 2.38. The minimum atomic E-state index is 0.0117. The van der Waals surface area contributed by atoms with Gasteiger partial charge in [0.15, 0.2) is 5.82 Å². The first-order valence-corrected chi connectivity index (χ1v) is 5.93.